The summed E-state index contributed by atoms with van der Waals surface area (Å²) in [6.45, 7) is 3.76. The summed E-state index contributed by atoms with van der Waals surface area (Å²) >= 11 is 7.41. The summed E-state index contributed by atoms with van der Waals surface area (Å²) in [6, 6.07) is 8.42. The van der Waals surface area contributed by atoms with E-state index >= 15 is 0 Å². The van der Waals surface area contributed by atoms with E-state index in [0.717, 1.165) is 56.1 Å². The maximum atomic E-state index is 5.65. The Morgan fingerprint density at radius 3 is 2.88 bits per heavy atom. The lowest BCUT2D eigenvalue weighted by Gasteiger charge is -2.33. The van der Waals surface area contributed by atoms with E-state index in [4.69, 9.17) is 21.9 Å². The summed E-state index contributed by atoms with van der Waals surface area (Å²) in [5.74, 6) is 0.569. The van der Waals surface area contributed by atoms with Gasteiger partial charge in [-0.05, 0) is 50.0 Å². The zero-order chi connectivity index (χ0) is 16.4. The number of benzene rings is 1. The second-order valence-electron chi connectivity index (χ2n) is 6.60. The molecule has 3 heterocycles. The van der Waals surface area contributed by atoms with E-state index in [1.165, 1.54) is 16.1 Å². The predicted octanol–water partition coefficient (Wildman–Crippen LogP) is 3.53. The van der Waals surface area contributed by atoms with Gasteiger partial charge in [-0.2, -0.15) is 0 Å². The third-order valence-electron chi connectivity index (χ3n) is 4.95. The number of ether oxygens (including phenoxy) is 1. The monoisotopic (exact) mass is 361 g/mol. The molecule has 24 heavy (non-hydrogen) atoms. The Hall–Kier alpha value is -1.24. The van der Waals surface area contributed by atoms with Gasteiger partial charge in [0.2, 0.25) is 0 Å². The number of rotatable bonds is 3. The molecule has 6 heteroatoms. The minimum atomic E-state index is 0.336. The molecule has 1 atom stereocenters. The molecule has 2 saturated heterocycles. The van der Waals surface area contributed by atoms with Crippen molar-refractivity contribution in [1.82, 2.24) is 15.2 Å². The van der Waals surface area contributed by atoms with Crippen molar-refractivity contribution in [3.63, 3.8) is 0 Å². The number of piperidine rings is 1. The van der Waals surface area contributed by atoms with E-state index in [1.807, 2.05) is 11.3 Å². The first-order valence-corrected chi connectivity index (χ1v) is 10.0. The first-order chi connectivity index (χ1) is 11.8. The number of fused-ring (bicyclic) bond motifs is 1. The average Bonchev–Trinajstić information content (AvgIpc) is 3.29. The zero-order valence-electron chi connectivity index (χ0n) is 13.7. The fourth-order valence-corrected chi connectivity index (χ4v) is 4.91. The van der Waals surface area contributed by atoms with E-state index in [1.54, 1.807) is 0 Å². The fourth-order valence-electron chi connectivity index (χ4n) is 3.51. The number of aromatic nitrogens is 1. The van der Waals surface area contributed by atoms with Crippen molar-refractivity contribution in [2.24, 2.45) is 0 Å². The molecule has 4 rings (SSSR count). The molecular weight excluding hydrogens is 338 g/mol. The van der Waals surface area contributed by atoms with Crippen LogP contribution in [0.25, 0.3) is 10.2 Å². The maximum Gasteiger partial charge on any atom is 0.169 e. The highest BCUT2D eigenvalue weighted by Gasteiger charge is 2.25. The van der Waals surface area contributed by atoms with Gasteiger partial charge in [-0.3, -0.25) is 0 Å². The number of thiocarbonyl (C=S) groups is 1. The number of hydrogen-bond acceptors (Lipinski definition) is 4. The molecule has 1 N–H and O–H groups in total. The van der Waals surface area contributed by atoms with Crippen molar-refractivity contribution in [3.8, 4) is 0 Å². The van der Waals surface area contributed by atoms with E-state index in [9.17, 15) is 0 Å². The van der Waals surface area contributed by atoms with Crippen LogP contribution in [-0.2, 0) is 4.74 Å². The average molecular weight is 362 g/mol. The summed E-state index contributed by atoms with van der Waals surface area (Å²) in [6.07, 6.45) is 4.91. The summed E-state index contributed by atoms with van der Waals surface area (Å²) in [5, 5.41) is 5.56. The summed E-state index contributed by atoms with van der Waals surface area (Å²) < 4.78 is 6.94. The number of nitrogens with zero attached hydrogens (tertiary/aromatic N) is 2. The number of hydrogen-bond donors (Lipinski definition) is 1. The van der Waals surface area contributed by atoms with Gasteiger partial charge in [-0.15, -0.1) is 11.3 Å². The van der Waals surface area contributed by atoms with Crippen molar-refractivity contribution in [1.29, 1.82) is 0 Å². The van der Waals surface area contributed by atoms with Crippen molar-refractivity contribution >= 4 is 38.9 Å². The van der Waals surface area contributed by atoms with Gasteiger partial charge in [0.1, 0.15) is 0 Å². The molecule has 2 aliphatic rings. The molecule has 2 aliphatic heterocycles. The number of likely N-dealkylation sites (tertiary alicyclic amines) is 1. The van der Waals surface area contributed by atoms with Crippen LogP contribution >= 0.6 is 23.6 Å². The highest BCUT2D eigenvalue weighted by molar-refractivity contribution is 7.80. The molecular formula is C18H23N3OS2. The van der Waals surface area contributed by atoms with Crippen LogP contribution < -0.4 is 5.32 Å². The van der Waals surface area contributed by atoms with Crippen LogP contribution in [0.15, 0.2) is 24.3 Å². The van der Waals surface area contributed by atoms with Gasteiger partial charge >= 0.3 is 0 Å². The van der Waals surface area contributed by atoms with Crippen LogP contribution in [-0.4, -0.2) is 47.3 Å². The van der Waals surface area contributed by atoms with E-state index in [-0.39, 0.29) is 0 Å². The molecule has 0 unspecified atom stereocenters. The zero-order valence-corrected chi connectivity index (χ0v) is 15.4. The van der Waals surface area contributed by atoms with Crippen LogP contribution in [0, 0.1) is 0 Å². The smallest absolute Gasteiger partial charge is 0.169 e. The number of nitrogens with one attached hydrogen (secondary N) is 1. The molecule has 0 saturated carbocycles. The van der Waals surface area contributed by atoms with Gasteiger partial charge in [0.05, 0.1) is 21.3 Å². The van der Waals surface area contributed by atoms with Crippen molar-refractivity contribution in [2.45, 2.75) is 37.7 Å². The first-order valence-electron chi connectivity index (χ1n) is 8.79. The molecule has 128 valence electrons. The highest BCUT2D eigenvalue weighted by Crippen LogP contribution is 2.33. The minimum Gasteiger partial charge on any atom is -0.376 e. The lowest BCUT2D eigenvalue weighted by atomic mass is 9.98. The quantitative estimate of drug-likeness (QED) is 0.847. The molecule has 2 fully saturated rings. The molecule has 4 nitrogen and oxygen atoms in total. The largest absolute Gasteiger partial charge is 0.376 e. The summed E-state index contributed by atoms with van der Waals surface area (Å²) in [5.41, 5.74) is 1.13. The molecule has 0 bridgehead atoms. The van der Waals surface area contributed by atoms with Crippen LogP contribution in [0.5, 0.6) is 0 Å². The van der Waals surface area contributed by atoms with Gasteiger partial charge in [-0.25, -0.2) is 4.98 Å². The fraction of sp³-hybridized carbons (Fsp3) is 0.556. The Morgan fingerprint density at radius 2 is 2.12 bits per heavy atom. The van der Waals surface area contributed by atoms with Gasteiger partial charge in [0, 0.05) is 32.2 Å². The van der Waals surface area contributed by atoms with Gasteiger partial charge in [-0.1, -0.05) is 12.1 Å². The molecule has 0 radical (unpaired) electrons. The third-order valence-corrected chi connectivity index (χ3v) is 6.55. The van der Waals surface area contributed by atoms with Crippen molar-refractivity contribution < 1.29 is 4.74 Å². The van der Waals surface area contributed by atoms with Crippen LogP contribution in [0.1, 0.15) is 36.6 Å². The van der Waals surface area contributed by atoms with Gasteiger partial charge < -0.3 is 15.0 Å². The Morgan fingerprint density at radius 1 is 1.29 bits per heavy atom. The molecule has 0 aliphatic carbocycles. The minimum absolute atomic E-state index is 0.336. The Balaban J connectivity index is 1.30. The Bertz CT molecular complexity index is 670. The SMILES string of the molecule is S=C(NC[C@H]1CCCO1)N1CCC(c2nc3ccccc3s2)CC1. The lowest BCUT2D eigenvalue weighted by molar-refractivity contribution is 0.113. The van der Waals surface area contributed by atoms with Crippen LogP contribution in [0.2, 0.25) is 0 Å². The predicted molar refractivity (Wildman–Crippen MR) is 103 cm³/mol. The van der Waals surface area contributed by atoms with Crippen molar-refractivity contribution in [2.75, 3.05) is 26.2 Å². The highest BCUT2D eigenvalue weighted by atomic mass is 32.1. The van der Waals surface area contributed by atoms with Crippen LogP contribution in [0.3, 0.4) is 0 Å². The van der Waals surface area contributed by atoms with Crippen LogP contribution in [0.4, 0.5) is 0 Å². The Kier molecular flexibility index (Phi) is 4.96. The molecule has 0 spiro atoms. The molecule has 1 aromatic heterocycles. The normalized spacial score (nSPS) is 22.2. The van der Waals surface area contributed by atoms with E-state index < -0.39 is 0 Å². The Labute approximate surface area is 152 Å². The molecule has 2 aromatic rings. The standard InChI is InChI=1S/C18H23N3OS2/c23-18(19-12-14-4-3-11-22-14)21-9-7-13(8-10-21)17-20-15-5-1-2-6-16(15)24-17/h1-2,5-6,13-14H,3-4,7-12H2,(H,19,23)/t14-/m1/s1. The summed E-state index contributed by atoms with van der Waals surface area (Å²) in [7, 11) is 0. The second kappa shape index (κ2) is 7.33. The second-order valence-corrected chi connectivity index (χ2v) is 8.05. The topological polar surface area (TPSA) is 37.4 Å². The molecule has 0 amide bonds. The van der Waals surface area contributed by atoms with Gasteiger partial charge in [0.15, 0.2) is 5.11 Å². The number of para-hydroxylation sites is 1. The lowest BCUT2D eigenvalue weighted by Crippen LogP contribution is -2.45. The third kappa shape index (κ3) is 3.55. The summed E-state index contributed by atoms with van der Waals surface area (Å²) in [4.78, 5) is 7.13. The first kappa shape index (κ1) is 16.2. The van der Waals surface area contributed by atoms with Crippen molar-refractivity contribution in [3.05, 3.63) is 29.3 Å². The van der Waals surface area contributed by atoms with E-state index in [0.29, 0.717) is 12.0 Å². The number of thiazole rings is 1. The van der Waals surface area contributed by atoms with E-state index in [2.05, 4.69) is 34.5 Å². The van der Waals surface area contributed by atoms with Gasteiger partial charge in [0.25, 0.3) is 0 Å². The maximum absolute atomic E-state index is 5.65. The molecule has 1 aromatic carbocycles.